The van der Waals surface area contributed by atoms with E-state index in [1.54, 1.807) is 11.6 Å². The largest absolute Gasteiger partial charge is 0.381 e. The number of thiazole rings is 1. The summed E-state index contributed by atoms with van der Waals surface area (Å²) < 4.78 is 34.1. The fraction of sp³-hybridized carbons (Fsp3) is 0.545. The molecule has 2 aromatic heterocycles. The van der Waals surface area contributed by atoms with Crippen molar-refractivity contribution in [3.63, 3.8) is 0 Å². The van der Waals surface area contributed by atoms with Crippen molar-refractivity contribution in [1.82, 2.24) is 14.1 Å². The quantitative estimate of drug-likeness (QED) is 0.851. The number of nitrogen functional groups attached to an aromatic ring is 1. The van der Waals surface area contributed by atoms with Crippen LogP contribution in [0.1, 0.15) is 19.3 Å². The van der Waals surface area contributed by atoms with Gasteiger partial charge in [-0.2, -0.15) is 0 Å². The molecule has 0 saturated carbocycles. The average Bonchev–Trinajstić information content (AvgIpc) is 3.04. The van der Waals surface area contributed by atoms with Gasteiger partial charge in [0.15, 0.2) is 15.8 Å². The standard InChI is InChI=1S/C11H16N4O3S2/c12-9-10(15-5-7-19-11(15)14-9)20(16,17)13-4-3-8-2-1-6-18-8/h5,7-8,13H,1-4,6,12H2. The molecule has 0 aliphatic carbocycles. The lowest BCUT2D eigenvalue weighted by molar-refractivity contribution is 0.105. The van der Waals surface area contributed by atoms with Gasteiger partial charge in [0.2, 0.25) is 0 Å². The number of hydrogen-bond acceptors (Lipinski definition) is 6. The second-order valence-electron chi connectivity index (χ2n) is 4.68. The Morgan fingerprint density at radius 1 is 1.60 bits per heavy atom. The normalized spacial score (nSPS) is 19.9. The number of fused-ring (bicyclic) bond motifs is 1. The van der Waals surface area contributed by atoms with Gasteiger partial charge < -0.3 is 10.5 Å². The molecule has 1 saturated heterocycles. The van der Waals surface area contributed by atoms with Gasteiger partial charge in [0.1, 0.15) is 0 Å². The number of imidazole rings is 1. The van der Waals surface area contributed by atoms with E-state index in [9.17, 15) is 8.42 Å². The van der Waals surface area contributed by atoms with Crippen LogP contribution in [0.15, 0.2) is 16.6 Å². The van der Waals surface area contributed by atoms with Gasteiger partial charge in [-0.25, -0.2) is 18.1 Å². The number of nitrogens with two attached hydrogens (primary N) is 1. The topological polar surface area (TPSA) is 98.7 Å². The van der Waals surface area contributed by atoms with Crippen LogP contribution >= 0.6 is 11.3 Å². The predicted molar refractivity (Wildman–Crippen MR) is 76.3 cm³/mol. The minimum absolute atomic E-state index is 0.0149. The van der Waals surface area contributed by atoms with Crippen molar-refractivity contribution in [1.29, 1.82) is 0 Å². The first-order chi connectivity index (χ1) is 9.58. The van der Waals surface area contributed by atoms with Crippen LogP contribution in [-0.2, 0) is 14.8 Å². The molecule has 1 unspecified atom stereocenters. The van der Waals surface area contributed by atoms with E-state index >= 15 is 0 Å². The molecule has 110 valence electrons. The predicted octanol–water partition coefficient (Wildman–Crippen LogP) is 0.825. The molecule has 20 heavy (non-hydrogen) atoms. The summed E-state index contributed by atoms with van der Waals surface area (Å²) in [6.45, 7) is 1.10. The van der Waals surface area contributed by atoms with Gasteiger partial charge in [-0.3, -0.25) is 4.40 Å². The minimum Gasteiger partial charge on any atom is -0.381 e. The summed E-state index contributed by atoms with van der Waals surface area (Å²) >= 11 is 1.34. The molecule has 0 aromatic carbocycles. The number of nitrogens with one attached hydrogen (secondary N) is 1. The van der Waals surface area contributed by atoms with E-state index in [4.69, 9.17) is 10.5 Å². The van der Waals surface area contributed by atoms with E-state index in [0.29, 0.717) is 17.9 Å². The minimum atomic E-state index is -3.66. The maximum absolute atomic E-state index is 12.3. The fourth-order valence-corrected chi connectivity index (χ4v) is 4.37. The number of sulfonamides is 1. The molecule has 1 fully saturated rings. The monoisotopic (exact) mass is 316 g/mol. The average molecular weight is 316 g/mol. The number of hydrogen-bond donors (Lipinski definition) is 2. The highest BCUT2D eigenvalue weighted by Crippen LogP contribution is 2.23. The zero-order chi connectivity index (χ0) is 14.2. The lowest BCUT2D eigenvalue weighted by Gasteiger charge is -2.10. The van der Waals surface area contributed by atoms with Gasteiger partial charge in [-0.1, -0.05) is 0 Å². The Bertz CT molecular complexity index is 700. The maximum Gasteiger partial charge on any atom is 0.260 e. The fourth-order valence-electron chi connectivity index (χ4n) is 2.34. The summed E-state index contributed by atoms with van der Waals surface area (Å²) in [6.07, 6.45) is 4.51. The number of nitrogens with zero attached hydrogens (tertiary/aromatic N) is 2. The summed E-state index contributed by atoms with van der Waals surface area (Å²) in [7, 11) is -3.66. The summed E-state index contributed by atoms with van der Waals surface area (Å²) in [5, 5.41) is 1.79. The number of aromatic nitrogens is 2. The Morgan fingerprint density at radius 2 is 2.45 bits per heavy atom. The zero-order valence-electron chi connectivity index (χ0n) is 10.8. The van der Waals surface area contributed by atoms with Gasteiger partial charge in [0.05, 0.1) is 6.10 Å². The summed E-state index contributed by atoms with van der Waals surface area (Å²) in [5.74, 6) is 0.0291. The molecule has 7 nitrogen and oxygen atoms in total. The van der Waals surface area contributed by atoms with E-state index in [1.165, 1.54) is 15.7 Å². The molecule has 0 bridgehead atoms. The third kappa shape index (κ3) is 2.53. The van der Waals surface area contributed by atoms with Crippen molar-refractivity contribution in [3.05, 3.63) is 11.6 Å². The van der Waals surface area contributed by atoms with Crippen molar-refractivity contribution in [2.75, 3.05) is 18.9 Å². The first-order valence-electron chi connectivity index (χ1n) is 6.40. The van der Waals surface area contributed by atoms with Crippen molar-refractivity contribution in [2.24, 2.45) is 0 Å². The molecule has 0 amide bonds. The highest BCUT2D eigenvalue weighted by molar-refractivity contribution is 7.89. The van der Waals surface area contributed by atoms with Gasteiger partial charge in [0.25, 0.3) is 10.0 Å². The van der Waals surface area contributed by atoms with Gasteiger partial charge in [-0.15, -0.1) is 11.3 Å². The molecule has 1 atom stereocenters. The van der Waals surface area contributed by atoms with E-state index in [2.05, 4.69) is 9.71 Å². The Labute approximate surface area is 120 Å². The first kappa shape index (κ1) is 13.8. The number of anilines is 1. The Kier molecular flexibility index (Phi) is 3.67. The van der Waals surface area contributed by atoms with Crippen LogP contribution in [0.4, 0.5) is 5.82 Å². The molecule has 3 heterocycles. The third-order valence-corrected chi connectivity index (χ3v) is 5.54. The highest BCUT2D eigenvalue weighted by Gasteiger charge is 2.25. The molecule has 3 N–H and O–H groups in total. The van der Waals surface area contributed by atoms with Crippen LogP contribution in [0.2, 0.25) is 0 Å². The second kappa shape index (κ2) is 5.32. The van der Waals surface area contributed by atoms with Crippen molar-refractivity contribution >= 4 is 32.1 Å². The number of ether oxygens (including phenoxy) is 1. The molecule has 0 radical (unpaired) electrons. The summed E-state index contributed by atoms with van der Waals surface area (Å²) in [4.78, 5) is 4.61. The van der Waals surface area contributed by atoms with Gasteiger partial charge >= 0.3 is 0 Å². The Morgan fingerprint density at radius 3 is 3.20 bits per heavy atom. The van der Waals surface area contributed by atoms with E-state index < -0.39 is 10.0 Å². The maximum atomic E-state index is 12.3. The van der Waals surface area contributed by atoms with Crippen molar-refractivity contribution in [2.45, 2.75) is 30.4 Å². The van der Waals surface area contributed by atoms with E-state index in [1.807, 2.05) is 0 Å². The van der Waals surface area contributed by atoms with Crippen LogP contribution in [0, 0.1) is 0 Å². The van der Waals surface area contributed by atoms with Crippen LogP contribution in [0.5, 0.6) is 0 Å². The zero-order valence-corrected chi connectivity index (χ0v) is 12.4. The first-order valence-corrected chi connectivity index (χ1v) is 8.76. The lowest BCUT2D eigenvalue weighted by atomic mass is 10.2. The van der Waals surface area contributed by atoms with Gasteiger partial charge in [-0.05, 0) is 19.3 Å². The highest BCUT2D eigenvalue weighted by atomic mass is 32.2. The third-order valence-electron chi connectivity index (χ3n) is 3.28. The second-order valence-corrected chi connectivity index (χ2v) is 7.23. The lowest BCUT2D eigenvalue weighted by Crippen LogP contribution is -2.28. The van der Waals surface area contributed by atoms with E-state index in [0.717, 1.165) is 19.4 Å². The molecular formula is C11H16N4O3S2. The SMILES string of the molecule is Nc1nc2sccn2c1S(=O)(=O)NCCC1CCCO1. The molecule has 1 aliphatic heterocycles. The van der Waals surface area contributed by atoms with E-state index in [-0.39, 0.29) is 16.9 Å². The smallest absolute Gasteiger partial charge is 0.260 e. The van der Waals surface area contributed by atoms with Crippen molar-refractivity contribution in [3.8, 4) is 0 Å². The summed E-state index contributed by atoms with van der Waals surface area (Å²) in [6, 6.07) is 0. The summed E-state index contributed by atoms with van der Waals surface area (Å²) in [5.41, 5.74) is 5.71. The molecule has 3 rings (SSSR count). The van der Waals surface area contributed by atoms with Gasteiger partial charge in [0, 0.05) is 24.7 Å². The molecule has 0 spiro atoms. The molecule has 1 aliphatic rings. The van der Waals surface area contributed by atoms with Crippen LogP contribution in [0.25, 0.3) is 4.96 Å². The number of rotatable bonds is 5. The van der Waals surface area contributed by atoms with Crippen LogP contribution in [0.3, 0.4) is 0 Å². The van der Waals surface area contributed by atoms with Crippen LogP contribution < -0.4 is 10.5 Å². The van der Waals surface area contributed by atoms with Crippen molar-refractivity contribution < 1.29 is 13.2 Å². The Hall–Kier alpha value is -1.16. The molecular weight excluding hydrogens is 300 g/mol. The molecule has 9 heteroatoms. The van der Waals surface area contributed by atoms with Crippen LogP contribution in [-0.4, -0.2) is 37.1 Å². The molecule has 2 aromatic rings. The Balaban J connectivity index is 1.74.